The molecule has 0 bridgehead atoms. The van der Waals surface area contributed by atoms with Gasteiger partial charge < -0.3 is 10.9 Å². The van der Waals surface area contributed by atoms with Gasteiger partial charge in [0.1, 0.15) is 0 Å². The Hall–Kier alpha value is -0.910. The fourth-order valence-corrected chi connectivity index (χ4v) is 2.46. The van der Waals surface area contributed by atoms with Crippen molar-refractivity contribution in [2.45, 2.75) is 51.5 Å². The molecule has 4 nitrogen and oxygen atoms in total. The van der Waals surface area contributed by atoms with Gasteiger partial charge in [0.2, 0.25) is 5.92 Å². The van der Waals surface area contributed by atoms with Gasteiger partial charge in [-0.25, -0.2) is 8.78 Å². The van der Waals surface area contributed by atoms with Crippen LogP contribution in [0.2, 0.25) is 0 Å². The monoisotopic (exact) mass is 263 g/mol. The number of nitrogens with zero attached hydrogens (tertiary/aromatic N) is 2. The Morgan fingerprint density at radius 2 is 2.22 bits per heavy atom. The minimum Gasteiger partial charge on any atom is -0.409 e. The first-order chi connectivity index (χ1) is 8.34. The summed E-state index contributed by atoms with van der Waals surface area (Å²) < 4.78 is 26.7. The van der Waals surface area contributed by atoms with E-state index in [9.17, 15) is 8.78 Å². The number of amidine groups is 1. The first kappa shape index (κ1) is 15.1. The van der Waals surface area contributed by atoms with E-state index in [1.807, 2.05) is 18.7 Å². The van der Waals surface area contributed by atoms with Crippen molar-refractivity contribution in [3.63, 3.8) is 0 Å². The molecule has 1 unspecified atom stereocenters. The summed E-state index contributed by atoms with van der Waals surface area (Å²) in [6, 6.07) is 0.181. The maximum absolute atomic E-state index is 13.3. The highest BCUT2D eigenvalue weighted by atomic mass is 19.3. The third kappa shape index (κ3) is 4.76. The number of alkyl halides is 2. The summed E-state index contributed by atoms with van der Waals surface area (Å²) >= 11 is 0. The number of rotatable bonds is 5. The largest absolute Gasteiger partial charge is 0.409 e. The zero-order valence-electron chi connectivity index (χ0n) is 11.1. The fourth-order valence-electron chi connectivity index (χ4n) is 2.46. The Bertz CT molecular complexity index is 295. The predicted octanol–water partition coefficient (Wildman–Crippen LogP) is 2.27. The van der Waals surface area contributed by atoms with Gasteiger partial charge >= 0.3 is 0 Å². The summed E-state index contributed by atoms with van der Waals surface area (Å²) in [6.45, 7) is 4.84. The van der Waals surface area contributed by atoms with Gasteiger partial charge in [0.25, 0.3) is 0 Å². The number of oxime groups is 1. The standard InChI is InChI=1S/C12H23F2N3O/c1-9(2)17(8-11(15)16-18)7-10-4-3-5-12(13,14)6-10/h9-10,18H,3-8H2,1-2H3,(H2,15,16). The number of hydrogen-bond donors (Lipinski definition) is 2. The van der Waals surface area contributed by atoms with Gasteiger partial charge in [-0.15, -0.1) is 0 Å². The summed E-state index contributed by atoms with van der Waals surface area (Å²) in [5, 5.41) is 11.5. The maximum atomic E-state index is 13.3. The summed E-state index contributed by atoms with van der Waals surface area (Å²) in [5.41, 5.74) is 5.48. The lowest BCUT2D eigenvalue weighted by atomic mass is 9.86. The zero-order valence-corrected chi connectivity index (χ0v) is 11.1. The second kappa shape index (κ2) is 6.31. The molecular formula is C12H23F2N3O. The van der Waals surface area contributed by atoms with E-state index in [2.05, 4.69) is 5.16 Å². The van der Waals surface area contributed by atoms with Crippen molar-refractivity contribution in [2.75, 3.05) is 13.1 Å². The molecule has 3 N–H and O–H groups in total. The van der Waals surface area contributed by atoms with E-state index in [4.69, 9.17) is 10.9 Å². The van der Waals surface area contributed by atoms with Crippen LogP contribution in [0, 0.1) is 5.92 Å². The van der Waals surface area contributed by atoms with E-state index >= 15 is 0 Å². The molecule has 0 aliphatic heterocycles. The van der Waals surface area contributed by atoms with E-state index in [0.29, 0.717) is 19.5 Å². The second-order valence-electron chi connectivity index (χ2n) is 5.43. The van der Waals surface area contributed by atoms with Crippen LogP contribution >= 0.6 is 0 Å². The normalized spacial score (nSPS) is 24.8. The molecule has 0 radical (unpaired) electrons. The van der Waals surface area contributed by atoms with Gasteiger partial charge in [-0.3, -0.25) is 4.90 Å². The molecule has 1 atom stereocenters. The van der Waals surface area contributed by atoms with E-state index < -0.39 is 5.92 Å². The Kier molecular flexibility index (Phi) is 5.31. The predicted molar refractivity (Wildman–Crippen MR) is 67.0 cm³/mol. The Balaban J connectivity index is 2.55. The topological polar surface area (TPSA) is 61.8 Å². The van der Waals surface area contributed by atoms with E-state index in [0.717, 1.165) is 6.42 Å². The Labute approximate surface area is 107 Å². The van der Waals surface area contributed by atoms with Gasteiger partial charge in [-0.05, 0) is 32.6 Å². The third-order valence-electron chi connectivity index (χ3n) is 3.46. The minimum absolute atomic E-state index is 0.00537. The molecule has 1 fully saturated rings. The molecule has 0 heterocycles. The Morgan fingerprint density at radius 1 is 1.56 bits per heavy atom. The zero-order chi connectivity index (χ0) is 13.8. The molecule has 1 saturated carbocycles. The van der Waals surface area contributed by atoms with Crippen molar-refractivity contribution in [1.82, 2.24) is 4.90 Å². The lowest BCUT2D eigenvalue weighted by molar-refractivity contribution is -0.0574. The molecular weight excluding hydrogens is 240 g/mol. The summed E-state index contributed by atoms with van der Waals surface area (Å²) in [6.07, 6.45) is 1.36. The first-order valence-electron chi connectivity index (χ1n) is 6.42. The van der Waals surface area contributed by atoms with Gasteiger partial charge in [-0.2, -0.15) is 0 Å². The van der Waals surface area contributed by atoms with Crippen LogP contribution in [0.3, 0.4) is 0 Å². The van der Waals surface area contributed by atoms with E-state index in [-0.39, 0.29) is 30.6 Å². The van der Waals surface area contributed by atoms with Crippen LogP contribution < -0.4 is 5.73 Å². The highest BCUT2D eigenvalue weighted by molar-refractivity contribution is 5.81. The van der Waals surface area contributed by atoms with Crippen LogP contribution in [0.15, 0.2) is 5.16 Å². The van der Waals surface area contributed by atoms with Gasteiger partial charge in [0.05, 0.1) is 6.54 Å². The lowest BCUT2D eigenvalue weighted by Crippen LogP contribution is -2.43. The SMILES string of the molecule is CC(C)N(CC(N)=NO)CC1CCCC(F)(F)C1. The second-order valence-corrected chi connectivity index (χ2v) is 5.43. The van der Waals surface area contributed by atoms with E-state index in [1.165, 1.54) is 0 Å². The molecule has 0 aromatic rings. The molecule has 0 spiro atoms. The third-order valence-corrected chi connectivity index (χ3v) is 3.46. The van der Waals surface area contributed by atoms with Crippen molar-refractivity contribution < 1.29 is 14.0 Å². The smallest absolute Gasteiger partial charge is 0.248 e. The molecule has 6 heteroatoms. The molecule has 1 aliphatic carbocycles. The molecule has 0 saturated heterocycles. The van der Waals surface area contributed by atoms with Crippen LogP contribution in [-0.4, -0.2) is 41.0 Å². The van der Waals surface area contributed by atoms with Crippen LogP contribution in [0.4, 0.5) is 8.78 Å². The van der Waals surface area contributed by atoms with Gasteiger partial charge in [0.15, 0.2) is 5.84 Å². The highest BCUT2D eigenvalue weighted by Crippen LogP contribution is 2.37. The molecule has 1 aliphatic rings. The van der Waals surface area contributed by atoms with Gasteiger partial charge in [-0.1, -0.05) is 5.16 Å². The average Bonchev–Trinajstić information content (AvgIpc) is 2.26. The lowest BCUT2D eigenvalue weighted by Gasteiger charge is -2.34. The minimum atomic E-state index is -2.53. The maximum Gasteiger partial charge on any atom is 0.248 e. The van der Waals surface area contributed by atoms with Gasteiger partial charge in [0, 0.05) is 25.4 Å². The molecule has 0 amide bonds. The molecule has 0 aromatic heterocycles. The molecule has 18 heavy (non-hydrogen) atoms. The van der Waals surface area contributed by atoms with Crippen molar-refractivity contribution in [3.05, 3.63) is 0 Å². The van der Waals surface area contributed by atoms with Crippen LogP contribution in [0.25, 0.3) is 0 Å². The van der Waals surface area contributed by atoms with Crippen LogP contribution in [0.1, 0.15) is 39.5 Å². The number of nitrogens with two attached hydrogens (primary N) is 1. The number of hydrogen-bond acceptors (Lipinski definition) is 3. The van der Waals surface area contributed by atoms with Crippen LogP contribution in [-0.2, 0) is 0 Å². The van der Waals surface area contributed by atoms with Crippen molar-refractivity contribution in [1.29, 1.82) is 0 Å². The van der Waals surface area contributed by atoms with Crippen molar-refractivity contribution in [3.8, 4) is 0 Å². The van der Waals surface area contributed by atoms with Crippen LogP contribution in [0.5, 0.6) is 0 Å². The number of halogens is 2. The average molecular weight is 263 g/mol. The van der Waals surface area contributed by atoms with Crippen molar-refractivity contribution in [2.24, 2.45) is 16.8 Å². The molecule has 106 valence electrons. The first-order valence-corrected chi connectivity index (χ1v) is 6.42. The molecule has 1 rings (SSSR count). The quantitative estimate of drug-likeness (QED) is 0.346. The highest BCUT2D eigenvalue weighted by Gasteiger charge is 2.36. The summed E-state index contributed by atoms with van der Waals surface area (Å²) in [4.78, 5) is 1.97. The Morgan fingerprint density at radius 3 is 2.72 bits per heavy atom. The van der Waals surface area contributed by atoms with E-state index in [1.54, 1.807) is 0 Å². The van der Waals surface area contributed by atoms with Crippen molar-refractivity contribution >= 4 is 5.84 Å². The summed E-state index contributed by atoms with van der Waals surface area (Å²) in [7, 11) is 0. The fraction of sp³-hybridized carbons (Fsp3) is 0.917. The molecule has 0 aromatic carbocycles. The summed E-state index contributed by atoms with van der Waals surface area (Å²) in [5.74, 6) is -2.42.